The second kappa shape index (κ2) is 5.85. The van der Waals surface area contributed by atoms with Gasteiger partial charge in [0.1, 0.15) is 23.8 Å². The fourth-order valence-corrected chi connectivity index (χ4v) is 1.81. The van der Waals surface area contributed by atoms with Gasteiger partial charge in [-0.1, -0.05) is 6.58 Å². The molecule has 0 saturated carbocycles. The van der Waals surface area contributed by atoms with Crippen LogP contribution < -0.4 is 10.2 Å². The summed E-state index contributed by atoms with van der Waals surface area (Å²) in [5, 5.41) is 0. The van der Waals surface area contributed by atoms with Crippen molar-refractivity contribution in [2.75, 3.05) is 20.3 Å². The lowest BCUT2D eigenvalue weighted by molar-refractivity contribution is 0.146. The zero-order valence-corrected chi connectivity index (χ0v) is 11.9. The number of benzene rings is 1. The van der Waals surface area contributed by atoms with E-state index in [-0.39, 0.29) is 0 Å². The molecule has 1 aliphatic heterocycles. The van der Waals surface area contributed by atoms with Crippen LogP contribution >= 0.6 is 0 Å². The summed E-state index contributed by atoms with van der Waals surface area (Å²) in [6, 6.07) is 4.37. The van der Waals surface area contributed by atoms with Crippen LogP contribution in [0.15, 0.2) is 30.5 Å². The summed E-state index contributed by atoms with van der Waals surface area (Å²) in [7, 11) is 0.909. The maximum absolute atomic E-state index is 13.6. The molecule has 0 unspecified atom stereocenters. The summed E-state index contributed by atoms with van der Waals surface area (Å²) >= 11 is 0. The molecule has 0 aromatic heterocycles. The van der Waals surface area contributed by atoms with E-state index in [9.17, 15) is 4.39 Å². The van der Waals surface area contributed by atoms with Crippen LogP contribution in [0, 0.1) is 5.82 Å². The number of rotatable bonds is 5. The summed E-state index contributed by atoms with van der Waals surface area (Å²) < 4.78 is 35.2. The second-order valence-corrected chi connectivity index (χ2v) is 5.06. The van der Waals surface area contributed by atoms with Crippen molar-refractivity contribution in [2.24, 2.45) is 0 Å². The molecular formula is C14H18BFO4. The lowest BCUT2D eigenvalue weighted by Gasteiger charge is -2.15. The van der Waals surface area contributed by atoms with Crippen LogP contribution in [0.4, 0.5) is 4.39 Å². The molecule has 0 amide bonds. The van der Waals surface area contributed by atoms with Crippen molar-refractivity contribution in [3.05, 3.63) is 36.4 Å². The molecule has 1 aromatic carbocycles. The third kappa shape index (κ3) is 3.32. The first kappa shape index (κ1) is 14.9. The highest BCUT2D eigenvalue weighted by Crippen LogP contribution is 2.29. The Kier molecular flexibility index (Phi) is 4.35. The van der Waals surface area contributed by atoms with E-state index < -0.39 is 18.5 Å². The van der Waals surface area contributed by atoms with E-state index in [1.165, 1.54) is 12.1 Å². The highest BCUT2D eigenvalue weighted by molar-refractivity contribution is 6.62. The first-order valence-electron chi connectivity index (χ1n) is 6.38. The molecule has 0 radical (unpaired) electrons. The first-order valence-corrected chi connectivity index (χ1v) is 6.38. The highest BCUT2D eigenvalue weighted by atomic mass is 19.1. The maximum atomic E-state index is 13.6. The molecule has 1 saturated heterocycles. The van der Waals surface area contributed by atoms with Crippen LogP contribution in [0.1, 0.15) is 13.8 Å². The van der Waals surface area contributed by atoms with Crippen molar-refractivity contribution in [2.45, 2.75) is 19.4 Å². The van der Waals surface area contributed by atoms with Crippen molar-refractivity contribution < 1.29 is 23.2 Å². The molecule has 1 aliphatic rings. The van der Waals surface area contributed by atoms with Gasteiger partial charge in [-0.3, -0.25) is 0 Å². The van der Waals surface area contributed by atoms with Crippen LogP contribution in [-0.2, 0) is 14.0 Å². The Hall–Kier alpha value is -1.53. The monoisotopic (exact) mass is 280 g/mol. The van der Waals surface area contributed by atoms with Crippen LogP contribution in [-0.4, -0.2) is 33.0 Å². The van der Waals surface area contributed by atoms with Gasteiger partial charge in [-0.15, -0.1) is 0 Å². The third-order valence-electron chi connectivity index (χ3n) is 3.04. The van der Waals surface area contributed by atoms with E-state index in [1.807, 2.05) is 13.8 Å². The van der Waals surface area contributed by atoms with Gasteiger partial charge in [0.25, 0.3) is 0 Å². The molecule has 6 heteroatoms. The molecule has 0 atom stereocenters. The zero-order valence-electron chi connectivity index (χ0n) is 11.9. The van der Waals surface area contributed by atoms with Crippen LogP contribution in [0.5, 0.6) is 5.75 Å². The molecule has 0 aliphatic carbocycles. The Morgan fingerprint density at radius 2 is 2.05 bits per heavy atom. The summed E-state index contributed by atoms with van der Waals surface area (Å²) in [6.07, 6.45) is 0. The van der Waals surface area contributed by atoms with Crippen molar-refractivity contribution in [3.63, 3.8) is 0 Å². The standard InChI is InChI=1S/C14H18BFO4/c1-10-14(2,3)20-15(19-10)11-7-12(16)9-13(8-11)18-6-5-17-4/h7-9H,1,5-6H2,2-4H3. The number of ether oxygens (including phenoxy) is 2. The fraction of sp³-hybridized carbons (Fsp3) is 0.429. The van der Waals surface area contributed by atoms with Crippen LogP contribution in [0.2, 0.25) is 0 Å². The van der Waals surface area contributed by atoms with Gasteiger partial charge in [-0.2, -0.15) is 0 Å². The summed E-state index contributed by atoms with van der Waals surface area (Å²) in [6.45, 7) is 8.29. The topological polar surface area (TPSA) is 36.9 Å². The number of hydrogen-bond donors (Lipinski definition) is 0. The van der Waals surface area contributed by atoms with Gasteiger partial charge in [0.15, 0.2) is 0 Å². The van der Waals surface area contributed by atoms with Crippen molar-refractivity contribution in [1.29, 1.82) is 0 Å². The minimum absolute atomic E-state index is 0.351. The predicted molar refractivity (Wildman–Crippen MR) is 74.5 cm³/mol. The highest BCUT2D eigenvalue weighted by Gasteiger charge is 2.43. The minimum atomic E-state index is -0.669. The van der Waals surface area contributed by atoms with Crippen LogP contribution in [0.3, 0.4) is 0 Å². The lowest BCUT2D eigenvalue weighted by Crippen LogP contribution is -2.34. The van der Waals surface area contributed by atoms with Crippen molar-refractivity contribution >= 4 is 12.6 Å². The van der Waals surface area contributed by atoms with E-state index in [0.29, 0.717) is 30.2 Å². The molecule has 108 valence electrons. The average molecular weight is 280 g/mol. The van der Waals surface area contributed by atoms with Gasteiger partial charge < -0.3 is 18.8 Å². The minimum Gasteiger partial charge on any atom is -0.534 e. The third-order valence-corrected chi connectivity index (χ3v) is 3.04. The Morgan fingerprint density at radius 3 is 2.65 bits per heavy atom. The predicted octanol–water partition coefficient (Wildman–Crippen LogP) is 1.89. The summed E-state index contributed by atoms with van der Waals surface area (Å²) in [5.41, 5.74) is -0.0298. The van der Waals surface area contributed by atoms with E-state index in [0.717, 1.165) is 0 Å². The molecule has 2 rings (SSSR count). The van der Waals surface area contributed by atoms with Gasteiger partial charge >= 0.3 is 7.12 Å². The molecule has 1 heterocycles. The molecule has 1 aromatic rings. The largest absolute Gasteiger partial charge is 0.563 e. The van der Waals surface area contributed by atoms with Crippen molar-refractivity contribution in [1.82, 2.24) is 0 Å². The molecule has 0 bridgehead atoms. The Balaban J connectivity index is 2.14. The second-order valence-electron chi connectivity index (χ2n) is 5.06. The Morgan fingerprint density at radius 1 is 1.30 bits per heavy atom. The first-order chi connectivity index (χ1) is 9.42. The Labute approximate surface area is 118 Å². The molecule has 4 nitrogen and oxygen atoms in total. The zero-order chi connectivity index (χ0) is 14.8. The quantitative estimate of drug-likeness (QED) is 0.609. The van der Waals surface area contributed by atoms with Gasteiger partial charge in [0.05, 0.1) is 12.4 Å². The molecule has 1 fully saturated rings. The normalized spacial score (nSPS) is 17.2. The van der Waals surface area contributed by atoms with Gasteiger partial charge in [-0.25, -0.2) is 4.39 Å². The number of halogens is 1. The van der Waals surface area contributed by atoms with E-state index >= 15 is 0 Å². The van der Waals surface area contributed by atoms with E-state index in [2.05, 4.69) is 6.58 Å². The molecular weight excluding hydrogens is 262 g/mol. The SMILES string of the molecule is C=C1OB(c2cc(F)cc(OCCOC)c2)OC1(C)C. The van der Waals surface area contributed by atoms with E-state index in [1.54, 1.807) is 13.2 Å². The number of hydrogen-bond acceptors (Lipinski definition) is 4. The average Bonchev–Trinajstić information content (AvgIpc) is 2.64. The Bertz CT molecular complexity index is 504. The molecule has 0 N–H and O–H groups in total. The van der Waals surface area contributed by atoms with Gasteiger partial charge in [-0.05, 0) is 26.0 Å². The van der Waals surface area contributed by atoms with Crippen molar-refractivity contribution in [3.8, 4) is 5.75 Å². The molecule has 20 heavy (non-hydrogen) atoms. The fourth-order valence-electron chi connectivity index (χ4n) is 1.81. The summed E-state index contributed by atoms with van der Waals surface area (Å²) in [5.74, 6) is 0.533. The van der Waals surface area contributed by atoms with Gasteiger partial charge in [0, 0.05) is 18.6 Å². The van der Waals surface area contributed by atoms with E-state index in [4.69, 9.17) is 18.8 Å². The maximum Gasteiger partial charge on any atom is 0.563 e. The lowest BCUT2D eigenvalue weighted by atomic mass is 9.79. The summed E-state index contributed by atoms with van der Waals surface area (Å²) in [4.78, 5) is 0. The smallest absolute Gasteiger partial charge is 0.534 e. The number of methoxy groups -OCH3 is 1. The molecule has 0 spiro atoms. The van der Waals surface area contributed by atoms with Crippen LogP contribution in [0.25, 0.3) is 0 Å². The van der Waals surface area contributed by atoms with Gasteiger partial charge in [0.2, 0.25) is 0 Å².